The van der Waals surface area contributed by atoms with E-state index in [1.807, 2.05) is 6.07 Å². The highest BCUT2D eigenvalue weighted by molar-refractivity contribution is 5.92. The minimum atomic E-state index is -0.834. The molecule has 0 fully saturated rings. The molecule has 0 atom stereocenters. The van der Waals surface area contributed by atoms with Crippen molar-refractivity contribution < 1.29 is 9.59 Å². The van der Waals surface area contributed by atoms with Crippen LogP contribution in [-0.2, 0) is 0 Å². The second kappa shape index (κ2) is 5.59. The standard InChI is InChI=1S/C10H12N4O2/c1-2-14(9(11)15)10(16)13-12-8-6-4-3-5-7-8/h3-7H,2H2,1H3,(H2,11,15). The average Bonchev–Trinajstić information content (AvgIpc) is 2.28. The zero-order valence-electron chi connectivity index (χ0n) is 8.83. The summed E-state index contributed by atoms with van der Waals surface area (Å²) >= 11 is 0. The van der Waals surface area contributed by atoms with E-state index in [1.165, 1.54) is 0 Å². The summed E-state index contributed by atoms with van der Waals surface area (Å²) in [7, 11) is 0. The van der Waals surface area contributed by atoms with E-state index in [9.17, 15) is 9.59 Å². The quantitative estimate of drug-likeness (QED) is 0.775. The van der Waals surface area contributed by atoms with Crippen molar-refractivity contribution in [2.75, 3.05) is 6.54 Å². The summed E-state index contributed by atoms with van der Waals surface area (Å²) in [5, 5.41) is 7.08. The average molecular weight is 220 g/mol. The highest BCUT2D eigenvalue weighted by atomic mass is 16.2. The van der Waals surface area contributed by atoms with Gasteiger partial charge in [0.25, 0.3) is 0 Å². The van der Waals surface area contributed by atoms with Crippen molar-refractivity contribution in [3.63, 3.8) is 0 Å². The molecule has 16 heavy (non-hydrogen) atoms. The molecule has 0 radical (unpaired) electrons. The maximum absolute atomic E-state index is 11.4. The molecule has 6 nitrogen and oxygen atoms in total. The largest absolute Gasteiger partial charge is 0.370 e. The number of rotatable bonds is 2. The Morgan fingerprint density at radius 1 is 1.31 bits per heavy atom. The van der Waals surface area contributed by atoms with E-state index in [0.717, 1.165) is 4.90 Å². The number of hydrogen-bond donors (Lipinski definition) is 1. The second-order valence-electron chi connectivity index (χ2n) is 2.90. The van der Waals surface area contributed by atoms with Gasteiger partial charge in [-0.25, -0.2) is 14.5 Å². The number of urea groups is 2. The SMILES string of the molecule is CCN(C(N)=O)C(=O)N=Nc1ccccc1. The molecule has 0 aliphatic heterocycles. The van der Waals surface area contributed by atoms with Crippen LogP contribution in [0, 0.1) is 0 Å². The first-order chi connectivity index (χ1) is 7.65. The van der Waals surface area contributed by atoms with Gasteiger partial charge in [0.15, 0.2) is 0 Å². The first-order valence-electron chi connectivity index (χ1n) is 4.73. The van der Waals surface area contributed by atoms with Gasteiger partial charge in [0, 0.05) is 6.54 Å². The third-order valence-electron chi connectivity index (χ3n) is 1.82. The third-order valence-corrected chi connectivity index (χ3v) is 1.82. The van der Waals surface area contributed by atoms with Crippen LogP contribution in [0.3, 0.4) is 0 Å². The van der Waals surface area contributed by atoms with Gasteiger partial charge in [-0.15, -0.1) is 5.11 Å². The third kappa shape index (κ3) is 3.16. The molecule has 1 rings (SSSR count). The zero-order valence-corrected chi connectivity index (χ0v) is 8.83. The fourth-order valence-electron chi connectivity index (χ4n) is 1.03. The number of nitrogens with zero attached hydrogens (tertiary/aromatic N) is 3. The number of hydrogen-bond acceptors (Lipinski definition) is 3. The van der Waals surface area contributed by atoms with Gasteiger partial charge in [-0.2, -0.15) is 0 Å². The van der Waals surface area contributed by atoms with Crippen molar-refractivity contribution in [1.29, 1.82) is 0 Å². The van der Waals surface area contributed by atoms with Crippen molar-refractivity contribution in [2.24, 2.45) is 16.0 Å². The van der Waals surface area contributed by atoms with Crippen LogP contribution in [0.1, 0.15) is 6.92 Å². The maximum Gasteiger partial charge on any atom is 0.370 e. The number of carbonyl (C=O) groups is 2. The molecular formula is C10H12N4O2. The van der Waals surface area contributed by atoms with E-state index in [1.54, 1.807) is 31.2 Å². The second-order valence-corrected chi connectivity index (χ2v) is 2.90. The molecule has 84 valence electrons. The van der Waals surface area contributed by atoms with Gasteiger partial charge >= 0.3 is 12.1 Å². The summed E-state index contributed by atoms with van der Waals surface area (Å²) < 4.78 is 0. The van der Waals surface area contributed by atoms with Crippen molar-refractivity contribution in [2.45, 2.75) is 6.92 Å². The van der Waals surface area contributed by atoms with Crippen molar-refractivity contribution >= 4 is 17.7 Å². The summed E-state index contributed by atoms with van der Waals surface area (Å²) in [6.45, 7) is 1.79. The lowest BCUT2D eigenvalue weighted by Crippen LogP contribution is -2.38. The van der Waals surface area contributed by atoms with Crippen LogP contribution in [0.15, 0.2) is 40.6 Å². The lowest BCUT2D eigenvalue weighted by atomic mass is 10.3. The Hall–Kier alpha value is -2.24. The molecule has 0 saturated carbocycles. The Kier molecular flexibility index (Phi) is 4.14. The first kappa shape index (κ1) is 11.8. The van der Waals surface area contributed by atoms with E-state index >= 15 is 0 Å². The van der Waals surface area contributed by atoms with E-state index < -0.39 is 12.1 Å². The molecule has 2 N–H and O–H groups in total. The Morgan fingerprint density at radius 3 is 2.44 bits per heavy atom. The molecular weight excluding hydrogens is 208 g/mol. The Labute approximate surface area is 92.8 Å². The highest BCUT2D eigenvalue weighted by Crippen LogP contribution is 2.10. The molecule has 0 heterocycles. The molecule has 0 aliphatic carbocycles. The Balaban J connectivity index is 2.71. The van der Waals surface area contributed by atoms with Crippen LogP contribution in [-0.4, -0.2) is 23.5 Å². The van der Waals surface area contributed by atoms with Crippen molar-refractivity contribution in [1.82, 2.24) is 4.90 Å². The maximum atomic E-state index is 11.4. The van der Waals surface area contributed by atoms with E-state index in [0.29, 0.717) is 5.69 Å². The molecule has 0 aromatic heterocycles. The number of imide groups is 1. The van der Waals surface area contributed by atoms with Gasteiger partial charge in [-0.1, -0.05) is 23.3 Å². The number of carbonyl (C=O) groups excluding carboxylic acids is 2. The summed E-state index contributed by atoms with van der Waals surface area (Å²) in [6.07, 6.45) is 0. The first-order valence-corrected chi connectivity index (χ1v) is 4.73. The van der Waals surface area contributed by atoms with Crippen molar-refractivity contribution in [3.05, 3.63) is 30.3 Å². The summed E-state index contributed by atoms with van der Waals surface area (Å²) in [5.74, 6) is 0. The molecule has 4 amide bonds. The van der Waals surface area contributed by atoms with Gasteiger partial charge in [0.1, 0.15) is 0 Å². The van der Waals surface area contributed by atoms with Crippen LogP contribution >= 0.6 is 0 Å². The minimum absolute atomic E-state index is 0.169. The molecule has 0 bridgehead atoms. The van der Waals surface area contributed by atoms with Crippen LogP contribution in [0.5, 0.6) is 0 Å². The van der Waals surface area contributed by atoms with Crippen LogP contribution in [0.4, 0.5) is 15.3 Å². The minimum Gasteiger partial charge on any atom is -0.351 e. The molecule has 0 spiro atoms. The van der Waals surface area contributed by atoms with E-state index in [2.05, 4.69) is 10.2 Å². The van der Waals surface area contributed by atoms with Gasteiger partial charge < -0.3 is 5.73 Å². The number of nitrogens with two attached hydrogens (primary N) is 1. The summed E-state index contributed by atoms with van der Waals surface area (Å²) in [4.78, 5) is 23.0. The van der Waals surface area contributed by atoms with Crippen LogP contribution in [0.2, 0.25) is 0 Å². The van der Waals surface area contributed by atoms with Crippen molar-refractivity contribution in [3.8, 4) is 0 Å². The molecule has 1 aromatic carbocycles. The fraction of sp³-hybridized carbons (Fsp3) is 0.200. The highest BCUT2D eigenvalue weighted by Gasteiger charge is 2.15. The molecule has 1 aromatic rings. The number of azo groups is 1. The molecule has 6 heteroatoms. The molecule has 0 saturated heterocycles. The lowest BCUT2D eigenvalue weighted by molar-refractivity contribution is 0.199. The van der Waals surface area contributed by atoms with Crippen LogP contribution in [0.25, 0.3) is 0 Å². The summed E-state index contributed by atoms with van der Waals surface area (Å²) in [5.41, 5.74) is 5.52. The predicted octanol–water partition coefficient (Wildman–Crippen LogP) is 2.29. The zero-order chi connectivity index (χ0) is 12.0. The number of amides is 4. The molecule has 0 unspecified atom stereocenters. The Morgan fingerprint density at radius 2 is 1.94 bits per heavy atom. The van der Waals surface area contributed by atoms with Gasteiger partial charge in [0.2, 0.25) is 0 Å². The monoisotopic (exact) mass is 220 g/mol. The number of benzene rings is 1. The lowest BCUT2D eigenvalue weighted by Gasteiger charge is -2.11. The van der Waals surface area contributed by atoms with Gasteiger partial charge in [-0.05, 0) is 19.1 Å². The predicted molar refractivity (Wildman–Crippen MR) is 58.3 cm³/mol. The normalized spacial score (nSPS) is 10.3. The number of primary amides is 1. The summed E-state index contributed by atoms with van der Waals surface area (Å²) in [6, 6.07) is 7.14. The van der Waals surface area contributed by atoms with Gasteiger partial charge in [0.05, 0.1) is 5.69 Å². The fourth-order valence-corrected chi connectivity index (χ4v) is 1.03. The van der Waals surface area contributed by atoms with E-state index in [4.69, 9.17) is 5.73 Å². The topological polar surface area (TPSA) is 88.1 Å². The van der Waals surface area contributed by atoms with Gasteiger partial charge in [-0.3, -0.25) is 0 Å². The molecule has 0 aliphatic rings. The smallest absolute Gasteiger partial charge is 0.351 e. The Bertz CT molecular complexity index is 403. The van der Waals surface area contributed by atoms with E-state index in [-0.39, 0.29) is 6.54 Å². The van der Waals surface area contributed by atoms with Crippen LogP contribution < -0.4 is 5.73 Å².